The molecule has 2 aromatic rings. The Kier molecular flexibility index (Phi) is 4.54. The Morgan fingerprint density at radius 2 is 1.16 bits per heavy atom. The molecule has 0 heterocycles. The number of carboxylic acid groups (broad SMARTS) is 2. The molecule has 0 bridgehead atoms. The fourth-order valence-electron chi connectivity index (χ4n) is 2.22. The van der Waals surface area contributed by atoms with Crippen LogP contribution < -0.4 is 0 Å². The highest BCUT2D eigenvalue weighted by Gasteiger charge is 2.29. The molecule has 0 saturated carbocycles. The van der Waals surface area contributed by atoms with Gasteiger partial charge in [-0.15, -0.1) is 0 Å². The second kappa shape index (κ2) is 6.43. The van der Waals surface area contributed by atoms with Gasteiger partial charge in [-0.1, -0.05) is 12.1 Å². The zero-order valence-electron chi connectivity index (χ0n) is 12.3. The smallest absolute Gasteiger partial charge is 0.337 e. The van der Waals surface area contributed by atoms with Crippen LogP contribution in [0.2, 0.25) is 0 Å². The summed E-state index contributed by atoms with van der Waals surface area (Å²) in [5, 5.41) is 36.6. The van der Waals surface area contributed by atoms with Gasteiger partial charge in [-0.05, 0) is 24.3 Å². The van der Waals surface area contributed by atoms with Crippen molar-refractivity contribution in [2.45, 2.75) is 9.79 Å². The molecule has 0 aliphatic heterocycles. The summed E-state index contributed by atoms with van der Waals surface area (Å²) in [6.45, 7) is 0. The Morgan fingerprint density at radius 1 is 0.800 bits per heavy atom. The lowest BCUT2D eigenvalue weighted by Crippen LogP contribution is -2.12. The summed E-state index contributed by atoms with van der Waals surface area (Å²) < 4.78 is 25.7. The Morgan fingerprint density at radius 3 is 1.44 bits per heavy atom. The van der Waals surface area contributed by atoms with Crippen LogP contribution in [0.1, 0.15) is 31.8 Å². The van der Waals surface area contributed by atoms with Crippen molar-refractivity contribution in [1.29, 1.82) is 10.5 Å². The molecule has 0 amide bonds. The van der Waals surface area contributed by atoms with Crippen molar-refractivity contribution in [2.75, 3.05) is 0 Å². The van der Waals surface area contributed by atoms with Gasteiger partial charge in [0.1, 0.15) is 12.1 Å². The Hall–Kier alpha value is -3.69. The standard InChI is InChI=1S/C16H8N2O6S/c17-7-11-9(15(19)20)3-1-5-13(11)25(23,24)14-6-2-4-10(16(21)22)12(14)8-18/h1-6H,(H,19,20)(H,21,22). The Labute approximate surface area is 141 Å². The molecule has 9 heteroatoms. The first kappa shape index (κ1) is 17.7. The van der Waals surface area contributed by atoms with Gasteiger partial charge in [0.15, 0.2) is 0 Å². The van der Waals surface area contributed by atoms with E-state index >= 15 is 0 Å². The van der Waals surface area contributed by atoms with Crippen LogP contribution in [0, 0.1) is 22.7 Å². The quantitative estimate of drug-likeness (QED) is 0.837. The number of aromatic carboxylic acids is 2. The Bertz CT molecular complexity index is 1010. The highest BCUT2D eigenvalue weighted by atomic mass is 32.2. The molecule has 0 unspecified atom stereocenters. The molecule has 0 aliphatic carbocycles. The van der Waals surface area contributed by atoms with Gasteiger partial charge in [-0.25, -0.2) is 18.0 Å². The summed E-state index contributed by atoms with van der Waals surface area (Å²) in [6, 6.07) is 9.54. The second-order valence-electron chi connectivity index (χ2n) is 4.69. The number of nitriles is 2. The van der Waals surface area contributed by atoms with Gasteiger partial charge in [0.05, 0.1) is 32.0 Å². The maximum absolute atomic E-state index is 12.9. The molecule has 8 nitrogen and oxygen atoms in total. The monoisotopic (exact) mass is 356 g/mol. The van der Waals surface area contributed by atoms with Crippen molar-refractivity contribution in [3.05, 3.63) is 58.7 Å². The van der Waals surface area contributed by atoms with Gasteiger partial charge >= 0.3 is 11.9 Å². The van der Waals surface area contributed by atoms with Gasteiger partial charge in [-0.3, -0.25) is 0 Å². The molecule has 0 aromatic heterocycles. The average molecular weight is 356 g/mol. The van der Waals surface area contributed by atoms with Gasteiger partial charge in [0, 0.05) is 0 Å². The molecule has 0 atom stereocenters. The molecule has 2 rings (SSSR count). The second-order valence-corrected chi connectivity index (χ2v) is 6.58. The maximum Gasteiger partial charge on any atom is 0.337 e. The minimum absolute atomic E-state index is 0.517. The summed E-state index contributed by atoms with van der Waals surface area (Å²) in [5.41, 5.74) is -2.23. The highest BCUT2D eigenvalue weighted by molar-refractivity contribution is 7.91. The van der Waals surface area contributed by atoms with Crippen LogP contribution in [0.15, 0.2) is 46.2 Å². The van der Waals surface area contributed by atoms with Gasteiger partial charge < -0.3 is 10.2 Å². The van der Waals surface area contributed by atoms with Crippen LogP contribution in [0.4, 0.5) is 0 Å². The van der Waals surface area contributed by atoms with E-state index in [1.54, 1.807) is 0 Å². The highest BCUT2D eigenvalue weighted by Crippen LogP contribution is 2.29. The Balaban J connectivity index is 2.88. The number of rotatable bonds is 4. The number of hydrogen-bond donors (Lipinski definition) is 2. The van der Waals surface area contributed by atoms with Crippen LogP contribution in [-0.2, 0) is 9.84 Å². The third kappa shape index (κ3) is 2.92. The van der Waals surface area contributed by atoms with Crippen molar-refractivity contribution in [3.63, 3.8) is 0 Å². The molecular formula is C16H8N2O6S. The average Bonchev–Trinajstić information content (AvgIpc) is 2.59. The summed E-state index contributed by atoms with van der Waals surface area (Å²) in [6.07, 6.45) is 0. The minimum atomic E-state index is -4.51. The van der Waals surface area contributed by atoms with E-state index in [0.29, 0.717) is 0 Å². The van der Waals surface area contributed by atoms with Crippen LogP contribution >= 0.6 is 0 Å². The van der Waals surface area contributed by atoms with Gasteiger partial charge in [-0.2, -0.15) is 10.5 Å². The van der Waals surface area contributed by atoms with Crippen molar-refractivity contribution in [2.24, 2.45) is 0 Å². The molecule has 25 heavy (non-hydrogen) atoms. The lowest BCUT2D eigenvalue weighted by Gasteiger charge is -2.11. The van der Waals surface area contributed by atoms with E-state index in [9.17, 15) is 28.5 Å². The molecule has 124 valence electrons. The minimum Gasteiger partial charge on any atom is -0.478 e. The number of benzene rings is 2. The van der Waals surface area contributed by atoms with Gasteiger partial charge in [0.2, 0.25) is 9.84 Å². The fourth-order valence-corrected chi connectivity index (χ4v) is 3.82. The largest absolute Gasteiger partial charge is 0.478 e. The lowest BCUT2D eigenvalue weighted by molar-refractivity contribution is 0.0685. The molecule has 0 fully saturated rings. The molecule has 2 N–H and O–H groups in total. The first-order valence-corrected chi connectivity index (χ1v) is 8.02. The fraction of sp³-hybridized carbons (Fsp3) is 0. The number of sulfone groups is 1. The van der Waals surface area contributed by atoms with E-state index in [-0.39, 0.29) is 0 Å². The van der Waals surface area contributed by atoms with E-state index in [2.05, 4.69) is 0 Å². The summed E-state index contributed by atoms with van der Waals surface area (Å²) >= 11 is 0. The van der Waals surface area contributed by atoms with Crippen molar-refractivity contribution < 1.29 is 28.2 Å². The molecule has 0 spiro atoms. The summed E-state index contributed by atoms with van der Waals surface area (Å²) in [5.74, 6) is -2.98. The van der Waals surface area contributed by atoms with Crippen LogP contribution in [0.5, 0.6) is 0 Å². The van der Waals surface area contributed by atoms with Crippen molar-refractivity contribution in [3.8, 4) is 12.1 Å². The van der Waals surface area contributed by atoms with E-state index < -0.39 is 53.8 Å². The summed E-state index contributed by atoms with van der Waals surface area (Å²) in [4.78, 5) is 21.1. The molecule has 0 saturated heterocycles. The van der Waals surface area contributed by atoms with Crippen molar-refractivity contribution in [1.82, 2.24) is 0 Å². The maximum atomic E-state index is 12.9. The van der Waals surface area contributed by atoms with E-state index in [1.165, 1.54) is 12.1 Å². The summed E-state index contributed by atoms with van der Waals surface area (Å²) in [7, 11) is -4.51. The zero-order chi connectivity index (χ0) is 18.8. The number of nitrogens with zero attached hydrogens (tertiary/aromatic N) is 2. The number of carbonyl (C=O) groups is 2. The predicted octanol–water partition coefficient (Wildman–Crippen LogP) is 1.66. The third-order valence-electron chi connectivity index (χ3n) is 3.32. The van der Waals surface area contributed by atoms with E-state index in [0.717, 1.165) is 36.4 Å². The van der Waals surface area contributed by atoms with Gasteiger partial charge in [0.25, 0.3) is 0 Å². The van der Waals surface area contributed by atoms with E-state index in [1.807, 2.05) is 0 Å². The van der Waals surface area contributed by atoms with Crippen LogP contribution in [0.3, 0.4) is 0 Å². The van der Waals surface area contributed by atoms with E-state index in [4.69, 9.17) is 10.2 Å². The normalized spacial score (nSPS) is 10.5. The predicted molar refractivity (Wildman–Crippen MR) is 81.7 cm³/mol. The SMILES string of the molecule is N#Cc1c(C(=O)O)cccc1S(=O)(=O)c1cccc(C(=O)O)c1C#N. The molecule has 0 radical (unpaired) electrons. The zero-order valence-corrected chi connectivity index (χ0v) is 13.1. The first-order valence-electron chi connectivity index (χ1n) is 6.53. The number of hydrogen-bond acceptors (Lipinski definition) is 6. The molecule has 2 aromatic carbocycles. The molecule has 0 aliphatic rings. The first-order chi connectivity index (χ1) is 11.8. The molecular weight excluding hydrogens is 348 g/mol. The lowest BCUT2D eigenvalue weighted by atomic mass is 10.1. The van der Waals surface area contributed by atoms with Crippen LogP contribution in [0.25, 0.3) is 0 Å². The number of carboxylic acids is 2. The topological polar surface area (TPSA) is 156 Å². The van der Waals surface area contributed by atoms with Crippen molar-refractivity contribution >= 4 is 21.8 Å². The van der Waals surface area contributed by atoms with Crippen LogP contribution in [-0.4, -0.2) is 30.6 Å². The third-order valence-corrected chi connectivity index (χ3v) is 5.15.